The number of carbonyl (C=O) groups excluding carboxylic acids is 1. The van der Waals surface area contributed by atoms with Crippen molar-refractivity contribution >= 4 is 21.5 Å². The van der Waals surface area contributed by atoms with E-state index in [0.717, 1.165) is 53.2 Å². The summed E-state index contributed by atoms with van der Waals surface area (Å²) in [7, 11) is -0.549. The van der Waals surface area contributed by atoms with Gasteiger partial charge in [-0.1, -0.05) is 48.0 Å². The SMILES string of the molecule is COCCCN1CCOc2ccc(CO[C@H]3CN(S(=O)(=O)c4ccc(C)cc4)[C@@H](CC(C)=O)C[C@@H]3c3ccc(COCCOC)cc3)cc21. The minimum absolute atomic E-state index is 0.0536. The number of benzene rings is 3. The zero-order chi connectivity index (χ0) is 34.8. The Bertz CT molecular complexity index is 1610. The normalized spacial score (nSPS) is 19.8. The first-order valence-electron chi connectivity index (χ1n) is 17.0. The first kappa shape index (κ1) is 36.9. The molecule has 2 heterocycles. The summed E-state index contributed by atoms with van der Waals surface area (Å²) in [5.74, 6) is 0.655. The number of hydrogen-bond donors (Lipinski definition) is 0. The van der Waals surface area contributed by atoms with Gasteiger partial charge in [-0.05, 0) is 67.6 Å². The van der Waals surface area contributed by atoms with Crippen LogP contribution in [-0.4, -0.2) is 90.9 Å². The van der Waals surface area contributed by atoms with Crippen molar-refractivity contribution in [3.63, 3.8) is 0 Å². The van der Waals surface area contributed by atoms with Crippen LogP contribution in [0, 0.1) is 6.92 Å². The Hall–Kier alpha value is -3.32. The molecule has 0 aliphatic carbocycles. The fourth-order valence-corrected chi connectivity index (χ4v) is 8.28. The molecule has 0 bridgehead atoms. The van der Waals surface area contributed by atoms with Crippen LogP contribution in [0.25, 0.3) is 0 Å². The fraction of sp³-hybridized carbons (Fsp3) is 0.500. The molecule has 1 saturated heterocycles. The lowest BCUT2D eigenvalue weighted by Gasteiger charge is -2.43. The van der Waals surface area contributed by atoms with Gasteiger partial charge in [-0.25, -0.2) is 8.42 Å². The number of rotatable bonds is 17. The number of ether oxygens (including phenoxy) is 5. The highest BCUT2D eigenvalue weighted by Crippen LogP contribution is 2.39. The molecule has 0 aromatic heterocycles. The number of Topliss-reactive ketones (excluding diaryl/α,β-unsaturated/α-hetero) is 1. The molecule has 1 fully saturated rings. The summed E-state index contributed by atoms with van der Waals surface area (Å²) < 4.78 is 58.5. The highest BCUT2D eigenvalue weighted by Gasteiger charge is 2.43. The van der Waals surface area contributed by atoms with Crippen LogP contribution in [0.15, 0.2) is 71.6 Å². The number of fused-ring (bicyclic) bond motifs is 1. The highest BCUT2D eigenvalue weighted by molar-refractivity contribution is 7.89. The third-order valence-electron chi connectivity index (χ3n) is 9.22. The van der Waals surface area contributed by atoms with Crippen LogP contribution in [0.4, 0.5) is 5.69 Å². The van der Waals surface area contributed by atoms with Crippen LogP contribution >= 0.6 is 0 Å². The Kier molecular flexibility index (Phi) is 13.2. The van der Waals surface area contributed by atoms with Gasteiger partial charge < -0.3 is 28.6 Å². The topological polar surface area (TPSA) is 104 Å². The Morgan fingerprint density at radius 3 is 2.37 bits per heavy atom. The second-order valence-corrected chi connectivity index (χ2v) is 14.8. The van der Waals surface area contributed by atoms with Crippen LogP contribution in [0.3, 0.4) is 0 Å². The molecule has 0 N–H and O–H groups in total. The molecule has 2 aliphatic rings. The number of aryl methyl sites for hydroxylation is 1. The molecule has 10 nitrogen and oxygen atoms in total. The lowest BCUT2D eigenvalue weighted by atomic mass is 9.82. The van der Waals surface area contributed by atoms with E-state index in [4.69, 9.17) is 23.7 Å². The van der Waals surface area contributed by atoms with Crippen LogP contribution in [0.1, 0.15) is 54.4 Å². The Labute approximate surface area is 291 Å². The maximum atomic E-state index is 14.2. The molecule has 0 saturated carbocycles. The Morgan fingerprint density at radius 1 is 0.918 bits per heavy atom. The van der Waals surface area contributed by atoms with E-state index in [1.54, 1.807) is 38.5 Å². The van der Waals surface area contributed by atoms with Crippen molar-refractivity contribution in [2.45, 2.75) is 69.3 Å². The predicted octanol–water partition coefficient (Wildman–Crippen LogP) is 5.50. The summed E-state index contributed by atoms with van der Waals surface area (Å²) >= 11 is 0. The largest absolute Gasteiger partial charge is 0.490 e. The van der Waals surface area contributed by atoms with Crippen molar-refractivity contribution in [2.24, 2.45) is 0 Å². The van der Waals surface area contributed by atoms with Crippen molar-refractivity contribution in [3.8, 4) is 5.75 Å². The van der Waals surface area contributed by atoms with Crippen molar-refractivity contribution in [2.75, 3.05) is 65.2 Å². The molecule has 3 aromatic rings. The first-order valence-corrected chi connectivity index (χ1v) is 18.5. The molecule has 0 amide bonds. The minimum atomic E-state index is -3.91. The van der Waals surface area contributed by atoms with Crippen LogP contribution in [0.2, 0.25) is 0 Å². The van der Waals surface area contributed by atoms with Gasteiger partial charge in [-0.2, -0.15) is 4.31 Å². The van der Waals surface area contributed by atoms with Gasteiger partial charge in [0.25, 0.3) is 0 Å². The van der Waals surface area contributed by atoms with Gasteiger partial charge in [-0.15, -0.1) is 0 Å². The van der Waals surface area contributed by atoms with Gasteiger partial charge >= 0.3 is 0 Å². The standard InChI is InChI=1S/C38H50N2O8S/c1-28-6-13-34(14-7-28)49(42,43)40-25-38(48-27-31-10-15-37-36(23-31)39(17-19-47-37)16-5-18-44-3)35(24-33(40)22-29(2)41)32-11-8-30(9-12-32)26-46-21-20-45-4/h6-15,23,33,35,38H,5,16-22,24-27H2,1-4H3/t33-,35+,38-/m0/s1. The van der Waals surface area contributed by atoms with E-state index in [0.29, 0.717) is 46.1 Å². The smallest absolute Gasteiger partial charge is 0.243 e. The quantitative estimate of drug-likeness (QED) is 0.169. The van der Waals surface area contributed by atoms with Gasteiger partial charge in [0.15, 0.2) is 0 Å². The fourth-order valence-electron chi connectivity index (χ4n) is 6.63. The molecule has 0 spiro atoms. The molecule has 3 aromatic carbocycles. The molecule has 5 rings (SSSR count). The molecule has 11 heteroatoms. The number of piperidine rings is 1. The Morgan fingerprint density at radius 2 is 1.65 bits per heavy atom. The zero-order valence-corrected chi connectivity index (χ0v) is 30.0. The molecule has 0 radical (unpaired) electrons. The molecular formula is C38H50N2O8S. The third kappa shape index (κ3) is 9.68. The summed E-state index contributed by atoms with van der Waals surface area (Å²) in [6.45, 7) is 8.33. The number of sulfonamides is 1. The number of ketones is 1. The maximum absolute atomic E-state index is 14.2. The number of anilines is 1. The van der Waals surface area contributed by atoms with Gasteiger partial charge in [0.05, 0.1) is 49.7 Å². The molecule has 266 valence electrons. The second-order valence-electron chi connectivity index (χ2n) is 12.9. The molecule has 3 atom stereocenters. The second kappa shape index (κ2) is 17.6. The van der Waals surface area contributed by atoms with Crippen LogP contribution in [0.5, 0.6) is 5.75 Å². The van der Waals surface area contributed by atoms with E-state index in [2.05, 4.69) is 23.1 Å². The predicted molar refractivity (Wildman–Crippen MR) is 189 cm³/mol. The lowest BCUT2D eigenvalue weighted by Crippen LogP contribution is -2.52. The van der Waals surface area contributed by atoms with E-state index in [9.17, 15) is 13.2 Å². The molecule has 49 heavy (non-hydrogen) atoms. The van der Waals surface area contributed by atoms with E-state index >= 15 is 0 Å². The summed E-state index contributed by atoms with van der Waals surface area (Å²) in [4.78, 5) is 15.0. The summed E-state index contributed by atoms with van der Waals surface area (Å²) in [6.07, 6.45) is 1.02. The summed E-state index contributed by atoms with van der Waals surface area (Å²) in [5, 5.41) is 0. The van der Waals surface area contributed by atoms with Crippen molar-refractivity contribution in [1.82, 2.24) is 4.31 Å². The summed E-state index contributed by atoms with van der Waals surface area (Å²) in [6, 6.07) is 20.7. The average molecular weight is 695 g/mol. The number of methoxy groups -OCH3 is 2. The zero-order valence-electron chi connectivity index (χ0n) is 29.1. The van der Waals surface area contributed by atoms with Crippen molar-refractivity contribution < 1.29 is 36.9 Å². The molecule has 2 aliphatic heterocycles. The molecule has 0 unspecified atom stereocenters. The van der Waals surface area contributed by atoms with Crippen molar-refractivity contribution in [1.29, 1.82) is 0 Å². The Balaban J connectivity index is 1.42. The van der Waals surface area contributed by atoms with Gasteiger partial charge in [0.2, 0.25) is 10.0 Å². The van der Waals surface area contributed by atoms with Gasteiger partial charge in [0, 0.05) is 52.3 Å². The van der Waals surface area contributed by atoms with Gasteiger partial charge in [-0.3, -0.25) is 4.79 Å². The number of hydrogen-bond acceptors (Lipinski definition) is 9. The highest BCUT2D eigenvalue weighted by atomic mass is 32.2. The number of nitrogens with zero attached hydrogens (tertiary/aromatic N) is 2. The van der Waals surface area contributed by atoms with E-state index in [1.807, 2.05) is 31.2 Å². The van der Waals surface area contributed by atoms with Crippen molar-refractivity contribution in [3.05, 3.63) is 89.0 Å². The summed E-state index contributed by atoms with van der Waals surface area (Å²) in [5.41, 5.74) is 5.04. The first-order chi connectivity index (χ1) is 23.7. The number of carbonyl (C=O) groups is 1. The maximum Gasteiger partial charge on any atom is 0.243 e. The van der Waals surface area contributed by atoms with Crippen LogP contribution < -0.4 is 9.64 Å². The van der Waals surface area contributed by atoms with E-state index in [1.165, 1.54) is 11.2 Å². The molecular weight excluding hydrogens is 644 g/mol. The van der Waals surface area contributed by atoms with Crippen LogP contribution in [-0.2, 0) is 47.0 Å². The third-order valence-corrected chi connectivity index (χ3v) is 11.2. The van der Waals surface area contributed by atoms with E-state index in [-0.39, 0.29) is 29.6 Å². The average Bonchev–Trinajstić information content (AvgIpc) is 3.10. The van der Waals surface area contributed by atoms with Gasteiger partial charge in [0.1, 0.15) is 18.1 Å². The minimum Gasteiger partial charge on any atom is -0.490 e. The lowest BCUT2D eigenvalue weighted by molar-refractivity contribution is -0.118. The monoisotopic (exact) mass is 694 g/mol. The van der Waals surface area contributed by atoms with E-state index < -0.39 is 22.2 Å².